The van der Waals surface area contributed by atoms with E-state index < -0.39 is 16.4 Å². The molecular weight excluding hydrogens is 272 g/mol. The topological polar surface area (TPSA) is 92.5 Å². The molecule has 19 heavy (non-hydrogen) atoms. The van der Waals surface area contributed by atoms with E-state index in [0.717, 1.165) is 12.8 Å². The molecule has 1 fully saturated rings. The first-order valence-electron chi connectivity index (χ1n) is 5.80. The predicted octanol–water partition coefficient (Wildman–Crippen LogP) is 2.91. The smallest absolute Gasteiger partial charge is 0.329 e. The van der Waals surface area contributed by atoms with Crippen LogP contribution < -0.4 is 5.32 Å². The van der Waals surface area contributed by atoms with Gasteiger partial charge in [0.1, 0.15) is 16.2 Å². The lowest BCUT2D eigenvalue weighted by molar-refractivity contribution is -0.383. The van der Waals surface area contributed by atoms with Crippen LogP contribution in [0, 0.1) is 16.0 Å². The van der Waals surface area contributed by atoms with Gasteiger partial charge in [-0.1, -0.05) is 17.7 Å². The van der Waals surface area contributed by atoms with Gasteiger partial charge < -0.3 is 10.4 Å². The van der Waals surface area contributed by atoms with E-state index in [-0.39, 0.29) is 22.3 Å². The summed E-state index contributed by atoms with van der Waals surface area (Å²) >= 11 is 5.80. The van der Waals surface area contributed by atoms with Crippen LogP contribution in [0.3, 0.4) is 0 Å². The minimum atomic E-state index is -1.21. The molecule has 0 spiro atoms. The number of nitro benzene ring substituents is 1. The van der Waals surface area contributed by atoms with Gasteiger partial charge >= 0.3 is 11.7 Å². The van der Waals surface area contributed by atoms with Crippen molar-refractivity contribution in [2.24, 2.45) is 5.92 Å². The molecule has 102 valence electrons. The highest BCUT2D eigenvalue weighted by Crippen LogP contribution is 2.43. The second kappa shape index (κ2) is 4.70. The molecule has 0 aliphatic heterocycles. The van der Waals surface area contributed by atoms with Crippen LogP contribution in [-0.2, 0) is 4.79 Å². The number of nitrogens with one attached hydrogen (secondary N) is 1. The number of para-hydroxylation sites is 1. The van der Waals surface area contributed by atoms with Gasteiger partial charge in [-0.25, -0.2) is 4.79 Å². The lowest BCUT2D eigenvalue weighted by atomic mass is 9.95. The van der Waals surface area contributed by atoms with E-state index in [9.17, 15) is 20.0 Å². The molecule has 0 amide bonds. The Morgan fingerprint density at radius 2 is 2.21 bits per heavy atom. The third-order valence-electron chi connectivity index (χ3n) is 3.40. The standard InChI is InChI=1S/C12H13ClN2O4/c1-12(11(16)17,7-5-6-7)14-9-4-2-3-8(13)10(9)15(18)19/h2-4,7,14H,5-6H2,1H3,(H,16,17). The minimum Gasteiger partial charge on any atom is -0.480 e. The summed E-state index contributed by atoms with van der Waals surface area (Å²) in [4.78, 5) is 21.8. The number of carboxylic acids is 1. The fourth-order valence-electron chi connectivity index (χ4n) is 2.07. The Morgan fingerprint density at radius 1 is 1.58 bits per heavy atom. The normalized spacial score (nSPS) is 17.6. The molecule has 7 heteroatoms. The van der Waals surface area contributed by atoms with Crippen molar-refractivity contribution in [3.63, 3.8) is 0 Å². The number of hydrogen-bond donors (Lipinski definition) is 2. The second-order valence-electron chi connectivity index (χ2n) is 4.80. The molecule has 0 radical (unpaired) electrons. The molecule has 0 bridgehead atoms. The number of anilines is 1. The fourth-order valence-corrected chi connectivity index (χ4v) is 2.32. The Hall–Kier alpha value is -1.82. The fraction of sp³-hybridized carbons (Fsp3) is 0.417. The van der Waals surface area contributed by atoms with E-state index in [4.69, 9.17) is 11.6 Å². The number of carboxylic acid groups (broad SMARTS) is 1. The molecule has 0 aromatic heterocycles. The first kappa shape index (κ1) is 13.6. The monoisotopic (exact) mass is 284 g/mol. The van der Waals surface area contributed by atoms with Gasteiger partial charge in [0, 0.05) is 0 Å². The van der Waals surface area contributed by atoms with Crippen molar-refractivity contribution in [1.82, 2.24) is 0 Å². The number of benzene rings is 1. The van der Waals surface area contributed by atoms with E-state index in [2.05, 4.69) is 5.32 Å². The first-order chi connectivity index (χ1) is 8.86. The van der Waals surface area contributed by atoms with Crippen LogP contribution in [-0.4, -0.2) is 21.5 Å². The minimum absolute atomic E-state index is 0.0152. The lowest BCUT2D eigenvalue weighted by Crippen LogP contribution is -2.45. The van der Waals surface area contributed by atoms with Crippen LogP contribution in [0.15, 0.2) is 18.2 Å². The Labute approximate surface area is 114 Å². The molecule has 6 nitrogen and oxygen atoms in total. The van der Waals surface area contributed by atoms with Crippen LogP contribution >= 0.6 is 11.6 Å². The third kappa shape index (κ3) is 2.49. The summed E-state index contributed by atoms with van der Waals surface area (Å²) in [6.07, 6.45) is 1.59. The highest BCUT2D eigenvalue weighted by Gasteiger charge is 2.48. The van der Waals surface area contributed by atoms with Crippen LogP contribution in [0.4, 0.5) is 11.4 Å². The summed E-state index contributed by atoms with van der Waals surface area (Å²) in [5.41, 5.74) is -1.37. The average molecular weight is 285 g/mol. The highest BCUT2D eigenvalue weighted by molar-refractivity contribution is 6.33. The molecular formula is C12H13ClN2O4. The van der Waals surface area contributed by atoms with Crippen LogP contribution in [0.25, 0.3) is 0 Å². The maximum Gasteiger partial charge on any atom is 0.329 e. The number of halogens is 1. The zero-order chi connectivity index (χ0) is 14.2. The molecule has 1 aliphatic carbocycles. The maximum absolute atomic E-state index is 11.4. The number of rotatable bonds is 5. The zero-order valence-corrected chi connectivity index (χ0v) is 11.0. The largest absolute Gasteiger partial charge is 0.480 e. The molecule has 1 aromatic carbocycles. The maximum atomic E-state index is 11.4. The number of nitrogens with zero attached hydrogens (tertiary/aromatic N) is 1. The Bertz CT molecular complexity index is 545. The van der Waals surface area contributed by atoms with Crippen LogP contribution in [0.1, 0.15) is 19.8 Å². The van der Waals surface area contributed by atoms with E-state index in [1.165, 1.54) is 19.1 Å². The molecule has 2 rings (SSSR count). The van der Waals surface area contributed by atoms with Gasteiger partial charge in [0.05, 0.1) is 4.92 Å². The summed E-state index contributed by atoms with van der Waals surface area (Å²) in [5, 5.41) is 23.1. The predicted molar refractivity (Wildman–Crippen MR) is 70.5 cm³/mol. The second-order valence-corrected chi connectivity index (χ2v) is 5.21. The van der Waals surface area contributed by atoms with Crippen LogP contribution in [0.5, 0.6) is 0 Å². The average Bonchev–Trinajstić information content (AvgIpc) is 3.11. The van der Waals surface area contributed by atoms with Crippen LogP contribution in [0.2, 0.25) is 5.02 Å². The highest BCUT2D eigenvalue weighted by atomic mass is 35.5. The summed E-state index contributed by atoms with van der Waals surface area (Å²) in [7, 11) is 0. The number of aliphatic carboxylic acids is 1. The molecule has 0 saturated heterocycles. The number of carbonyl (C=O) groups is 1. The molecule has 2 N–H and O–H groups in total. The number of hydrogen-bond acceptors (Lipinski definition) is 4. The van der Waals surface area contributed by atoms with Crippen molar-refractivity contribution in [3.05, 3.63) is 33.3 Å². The van der Waals surface area contributed by atoms with Gasteiger partial charge in [-0.05, 0) is 37.8 Å². The van der Waals surface area contributed by atoms with E-state index in [1.807, 2.05) is 0 Å². The van der Waals surface area contributed by atoms with E-state index in [1.54, 1.807) is 6.07 Å². The molecule has 1 atom stereocenters. The SMILES string of the molecule is CC(Nc1cccc(Cl)c1[N+](=O)[O-])(C(=O)O)C1CC1. The van der Waals surface area contributed by atoms with Crippen molar-refractivity contribution in [2.45, 2.75) is 25.3 Å². The Morgan fingerprint density at radius 3 is 2.68 bits per heavy atom. The third-order valence-corrected chi connectivity index (χ3v) is 3.71. The Balaban J connectivity index is 2.40. The quantitative estimate of drug-likeness (QED) is 0.640. The van der Waals surface area contributed by atoms with Crippen molar-refractivity contribution in [1.29, 1.82) is 0 Å². The Kier molecular flexibility index (Phi) is 3.36. The summed E-state index contributed by atoms with van der Waals surface area (Å²) in [6, 6.07) is 4.42. The van der Waals surface area contributed by atoms with Crippen molar-refractivity contribution in [2.75, 3.05) is 5.32 Å². The molecule has 1 aromatic rings. The van der Waals surface area contributed by atoms with Crippen molar-refractivity contribution >= 4 is 28.9 Å². The van der Waals surface area contributed by atoms with Gasteiger partial charge in [-0.3, -0.25) is 10.1 Å². The first-order valence-corrected chi connectivity index (χ1v) is 6.18. The van der Waals surface area contributed by atoms with Gasteiger partial charge in [0.15, 0.2) is 0 Å². The number of nitro groups is 1. The summed E-state index contributed by atoms with van der Waals surface area (Å²) in [6.45, 7) is 1.54. The summed E-state index contributed by atoms with van der Waals surface area (Å²) in [5.74, 6) is -1.05. The molecule has 1 aliphatic rings. The summed E-state index contributed by atoms with van der Waals surface area (Å²) < 4.78 is 0. The molecule has 1 unspecified atom stereocenters. The van der Waals surface area contributed by atoms with E-state index in [0.29, 0.717) is 0 Å². The van der Waals surface area contributed by atoms with Crippen molar-refractivity contribution in [3.8, 4) is 0 Å². The molecule has 1 saturated carbocycles. The van der Waals surface area contributed by atoms with E-state index >= 15 is 0 Å². The van der Waals surface area contributed by atoms with Crippen molar-refractivity contribution < 1.29 is 14.8 Å². The zero-order valence-electron chi connectivity index (χ0n) is 10.2. The van der Waals surface area contributed by atoms with Gasteiger partial charge in [0.2, 0.25) is 0 Å². The lowest BCUT2D eigenvalue weighted by Gasteiger charge is -2.27. The van der Waals surface area contributed by atoms with Gasteiger partial charge in [-0.15, -0.1) is 0 Å². The van der Waals surface area contributed by atoms with Gasteiger partial charge in [0.25, 0.3) is 0 Å². The van der Waals surface area contributed by atoms with Gasteiger partial charge in [-0.2, -0.15) is 0 Å². The molecule has 0 heterocycles.